The Morgan fingerprint density at radius 3 is 2.20 bits per heavy atom. The van der Waals surface area contributed by atoms with Crippen LogP contribution < -0.4 is 0 Å². The molecule has 0 N–H and O–H groups in total. The van der Waals surface area contributed by atoms with Gasteiger partial charge in [-0.2, -0.15) is 0 Å². The summed E-state index contributed by atoms with van der Waals surface area (Å²) in [5.41, 5.74) is 1.86. The molecule has 1 unspecified atom stereocenters. The van der Waals surface area contributed by atoms with Crippen LogP contribution >= 0.6 is 11.3 Å². The maximum atomic E-state index is 11.4. The number of aryl methyl sites for hydroxylation is 2. The average Bonchev–Trinajstić information content (AvgIpc) is 2.76. The molecule has 0 fully saturated rings. The molecule has 114 valence electrons. The molecule has 0 aromatic carbocycles. The van der Waals surface area contributed by atoms with E-state index in [1.165, 1.54) is 0 Å². The third-order valence-electron chi connectivity index (χ3n) is 4.28. The number of rotatable bonds is 8. The molecule has 0 aliphatic carbocycles. The van der Waals surface area contributed by atoms with E-state index in [0.29, 0.717) is 0 Å². The van der Waals surface area contributed by atoms with Crippen LogP contribution in [-0.4, -0.2) is 19.8 Å². The number of nitrogens with zero attached hydrogens (tertiary/aromatic N) is 1. The Kier molecular flexibility index (Phi) is 6.35. The first-order valence-corrected chi connectivity index (χ1v) is 10.6. The van der Waals surface area contributed by atoms with Gasteiger partial charge in [0.2, 0.25) is 0 Å². The van der Waals surface area contributed by atoms with E-state index in [4.69, 9.17) is 4.43 Å². The first kappa shape index (κ1) is 17.3. The molecular formula is C14H25NO3SSi. The van der Waals surface area contributed by atoms with Gasteiger partial charge in [0.1, 0.15) is 6.61 Å². The molecule has 0 radical (unpaired) electrons. The van der Waals surface area contributed by atoms with E-state index in [9.17, 15) is 10.1 Å². The van der Waals surface area contributed by atoms with E-state index in [0.717, 1.165) is 34.1 Å². The smallest absolute Gasteiger partial charge is 0.261 e. The molecule has 1 aromatic rings. The second kappa shape index (κ2) is 7.33. The summed E-state index contributed by atoms with van der Waals surface area (Å²) in [5.74, 6) is 0. The Labute approximate surface area is 126 Å². The van der Waals surface area contributed by atoms with Crippen LogP contribution in [0.15, 0.2) is 5.38 Å². The van der Waals surface area contributed by atoms with Gasteiger partial charge in [-0.15, -0.1) is 11.3 Å². The van der Waals surface area contributed by atoms with Gasteiger partial charge < -0.3 is 4.43 Å². The zero-order valence-corrected chi connectivity index (χ0v) is 14.9. The quantitative estimate of drug-likeness (QED) is 0.397. The van der Waals surface area contributed by atoms with Gasteiger partial charge in [0.25, 0.3) is 6.04 Å². The van der Waals surface area contributed by atoms with Crippen LogP contribution in [0.3, 0.4) is 0 Å². The highest BCUT2D eigenvalue weighted by Gasteiger charge is 2.34. The Bertz CT molecular complexity index is 430. The van der Waals surface area contributed by atoms with Gasteiger partial charge in [-0.1, -0.05) is 20.8 Å². The summed E-state index contributed by atoms with van der Waals surface area (Å²) < 4.78 is 6.14. The maximum absolute atomic E-state index is 11.4. The monoisotopic (exact) mass is 315 g/mol. The largest absolute Gasteiger partial charge is 0.409 e. The standard InChI is InChI=1S/C14H25NO3SSi/c1-6-20(7-2,8-3)18-9-13(15(16)17)14-11(4)10-19-12(14)5/h10,13H,6-9H2,1-5H3. The van der Waals surface area contributed by atoms with Gasteiger partial charge in [-0.3, -0.25) is 10.1 Å². The van der Waals surface area contributed by atoms with Gasteiger partial charge in [-0.25, -0.2) is 0 Å². The summed E-state index contributed by atoms with van der Waals surface area (Å²) in [5, 5.41) is 13.4. The summed E-state index contributed by atoms with van der Waals surface area (Å²) >= 11 is 1.58. The molecule has 1 heterocycles. The van der Waals surface area contributed by atoms with Crippen molar-refractivity contribution in [1.82, 2.24) is 0 Å². The molecule has 0 bridgehead atoms. The number of nitro groups is 1. The molecule has 0 saturated carbocycles. The SMILES string of the molecule is CC[Si](CC)(CC)OCC(c1c(C)csc1C)[N+](=O)[O-]. The van der Waals surface area contributed by atoms with Gasteiger partial charge >= 0.3 is 0 Å². The summed E-state index contributed by atoms with van der Waals surface area (Å²) in [6.07, 6.45) is 0. The lowest BCUT2D eigenvalue weighted by atomic mass is 10.1. The van der Waals surface area contributed by atoms with E-state index in [1.807, 2.05) is 19.2 Å². The fraction of sp³-hybridized carbons (Fsp3) is 0.714. The van der Waals surface area contributed by atoms with Gasteiger partial charge in [0.15, 0.2) is 8.32 Å². The summed E-state index contributed by atoms with van der Waals surface area (Å²) in [4.78, 5) is 12.3. The van der Waals surface area contributed by atoms with Gasteiger partial charge in [0, 0.05) is 15.4 Å². The van der Waals surface area contributed by atoms with E-state index < -0.39 is 14.4 Å². The molecule has 0 aliphatic rings. The lowest BCUT2D eigenvalue weighted by molar-refractivity contribution is -0.531. The number of hydrogen-bond acceptors (Lipinski definition) is 4. The minimum Gasteiger partial charge on any atom is -0.409 e. The van der Waals surface area contributed by atoms with Crippen molar-refractivity contribution in [3.8, 4) is 0 Å². The van der Waals surface area contributed by atoms with Crippen molar-refractivity contribution in [1.29, 1.82) is 0 Å². The van der Waals surface area contributed by atoms with Crippen LogP contribution in [0.4, 0.5) is 0 Å². The van der Waals surface area contributed by atoms with E-state index >= 15 is 0 Å². The molecule has 0 aliphatic heterocycles. The lowest BCUT2D eigenvalue weighted by Crippen LogP contribution is -2.38. The number of thiophene rings is 1. The third kappa shape index (κ3) is 3.68. The second-order valence-corrected chi connectivity index (χ2v) is 11.1. The van der Waals surface area contributed by atoms with Crippen molar-refractivity contribution >= 4 is 19.7 Å². The molecular weight excluding hydrogens is 290 g/mol. The average molecular weight is 316 g/mol. The summed E-state index contributed by atoms with van der Waals surface area (Å²) in [7, 11) is -1.77. The fourth-order valence-corrected chi connectivity index (χ4v) is 6.17. The third-order valence-corrected chi connectivity index (χ3v) is 9.97. The van der Waals surface area contributed by atoms with Crippen LogP contribution in [0.1, 0.15) is 42.8 Å². The second-order valence-electron chi connectivity index (χ2n) is 5.24. The van der Waals surface area contributed by atoms with Crippen molar-refractivity contribution in [2.45, 2.75) is 58.8 Å². The molecule has 20 heavy (non-hydrogen) atoms. The first-order valence-electron chi connectivity index (χ1n) is 7.22. The minimum atomic E-state index is -1.77. The van der Waals surface area contributed by atoms with E-state index in [1.54, 1.807) is 11.3 Å². The van der Waals surface area contributed by atoms with Crippen LogP contribution in [-0.2, 0) is 4.43 Å². The molecule has 0 saturated heterocycles. The Hall–Kier alpha value is -0.723. The molecule has 1 aromatic heterocycles. The van der Waals surface area contributed by atoms with Crippen LogP contribution in [0.25, 0.3) is 0 Å². The van der Waals surface area contributed by atoms with Crippen LogP contribution in [0.2, 0.25) is 18.1 Å². The van der Waals surface area contributed by atoms with Crippen LogP contribution in [0.5, 0.6) is 0 Å². The highest BCUT2D eigenvalue weighted by atomic mass is 32.1. The predicted molar refractivity (Wildman–Crippen MR) is 86.7 cm³/mol. The molecule has 0 spiro atoms. The molecule has 4 nitrogen and oxygen atoms in total. The van der Waals surface area contributed by atoms with Crippen molar-refractivity contribution in [2.24, 2.45) is 0 Å². The summed E-state index contributed by atoms with van der Waals surface area (Å²) in [6, 6.07) is 2.34. The van der Waals surface area contributed by atoms with Crippen molar-refractivity contribution < 1.29 is 9.35 Å². The number of hydrogen-bond donors (Lipinski definition) is 0. The zero-order valence-electron chi connectivity index (χ0n) is 13.1. The molecule has 1 atom stereocenters. The fourth-order valence-electron chi connectivity index (χ4n) is 2.64. The van der Waals surface area contributed by atoms with E-state index in [-0.39, 0.29) is 11.5 Å². The Morgan fingerprint density at radius 2 is 1.85 bits per heavy atom. The van der Waals surface area contributed by atoms with Gasteiger partial charge in [0.05, 0.1) is 0 Å². The molecule has 0 amide bonds. The topological polar surface area (TPSA) is 52.4 Å². The van der Waals surface area contributed by atoms with Crippen LogP contribution in [0, 0.1) is 24.0 Å². The zero-order chi connectivity index (χ0) is 15.3. The lowest BCUT2D eigenvalue weighted by Gasteiger charge is -2.28. The predicted octanol–water partition coefficient (Wildman–Crippen LogP) is 4.70. The highest BCUT2D eigenvalue weighted by molar-refractivity contribution is 7.10. The van der Waals surface area contributed by atoms with Gasteiger partial charge in [-0.05, 0) is 42.9 Å². The van der Waals surface area contributed by atoms with E-state index in [2.05, 4.69) is 20.8 Å². The van der Waals surface area contributed by atoms with Crippen molar-refractivity contribution in [3.05, 3.63) is 31.5 Å². The first-order chi connectivity index (χ1) is 9.40. The molecule has 6 heteroatoms. The van der Waals surface area contributed by atoms with Crippen molar-refractivity contribution in [2.75, 3.05) is 6.61 Å². The Balaban J connectivity index is 2.93. The highest BCUT2D eigenvalue weighted by Crippen LogP contribution is 2.31. The summed E-state index contributed by atoms with van der Waals surface area (Å²) in [6.45, 7) is 10.5. The normalized spacial score (nSPS) is 13.4. The maximum Gasteiger partial charge on any atom is 0.261 e. The minimum absolute atomic E-state index is 0.192. The molecule has 1 rings (SSSR count). The van der Waals surface area contributed by atoms with Crippen molar-refractivity contribution in [3.63, 3.8) is 0 Å². The Morgan fingerprint density at radius 1 is 1.30 bits per heavy atom.